The molecule has 1 aliphatic heterocycles. The van der Waals surface area contributed by atoms with Crippen LogP contribution in [0, 0.1) is 28.6 Å². The highest BCUT2D eigenvalue weighted by atomic mass is 127. The summed E-state index contributed by atoms with van der Waals surface area (Å²) in [7, 11) is 0. The van der Waals surface area contributed by atoms with Crippen molar-refractivity contribution in [1.82, 2.24) is 0 Å². The van der Waals surface area contributed by atoms with E-state index in [1.165, 1.54) is 51.4 Å². The van der Waals surface area contributed by atoms with Crippen molar-refractivity contribution in [2.24, 2.45) is 28.6 Å². The number of fused-ring (bicyclic) bond motifs is 3. The third-order valence-corrected chi connectivity index (χ3v) is 10.9. The van der Waals surface area contributed by atoms with Crippen LogP contribution in [-0.2, 0) is 4.74 Å². The number of alkyl halides is 1. The first kappa shape index (κ1) is 15.0. The quantitative estimate of drug-likeness (QED) is 0.352. The second-order valence-electron chi connectivity index (χ2n) is 8.88. The van der Waals surface area contributed by atoms with E-state index in [1.54, 1.807) is 3.58 Å². The van der Waals surface area contributed by atoms with Gasteiger partial charge in [-0.3, -0.25) is 0 Å². The van der Waals surface area contributed by atoms with E-state index in [2.05, 4.69) is 35.6 Å². The third-order valence-electron chi connectivity index (χ3n) is 8.41. The Morgan fingerprint density at radius 2 is 2.05 bits per heavy atom. The van der Waals surface area contributed by atoms with Crippen molar-refractivity contribution in [3.05, 3.63) is 9.66 Å². The van der Waals surface area contributed by atoms with Crippen molar-refractivity contribution >= 4 is 34.2 Å². The molecule has 4 aliphatic carbocycles. The minimum atomic E-state index is -0.0284. The van der Waals surface area contributed by atoms with E-state index in [-0.39, 0.29) is 4.87 Å². The summed E-state index contributed by atoms with van der Waals surface area (Å²) in [6.07, 6.45) is 13.3. The van der Waals surface area contributed by atoms with E-state index in [9.17, 15) is 0 Å². The zero-order valence-electron chi connectivity index (χ0n) is 13.4. The Morgan fingerprint density at radius 3 is 2.91 bits per heavy atom. The number of rotatable bonds is 0. The molecule has 1 heterocycles. The lowest BCUT2D eigenvalue weighted by Gasteiger charge is -2.61. The normalized spacial score (nSPS) is 59.5. The lowest BCUT2D eigenvalue weighted by atomic mass is 9.45. The van der Waals surface area contributed by atoms with Gasteiger partial charge >= 0.3 is 0 Å². The Morgan fingerprint density at radius 1 is 1.23 bits per heavy atom. The van der Waals surface area contributed by atoms with Gasteiger partial charge in [-0.2, -0.15) is 0 Å². The Bertz CT molecular complexity index is 544. The number of hydrogen-bond acceptors (Lipinski definition) is 1. The van der Waals surface area contributed by atoms with Gasteiger partial charge in [0.25, 0.3) is 0 Å². The van der Waals surface area contributed by atoms with E-state index in [4.69, 9.17) is 16.3 Å². The number of halogens is 2. The molecule has 22 heavy (non-hydrogen) atoms. The monoisotopic (exact) mass is 432 g/mol. The molecule has 1 saturated heterocycles. The Hall–Kier alpha value is 0.720. The summed E-state index contributed by atoms with van der Waals surface area (Å²) in [5, 5.41) is 0. The third kappa shape index (κ3) is 1.57. The predicted octanol–water partition coefficient (Wildman–Crippen LogP) is 5.70. The summed E-state index contributed by atoms with van der Waals surface area (Å²) < 4.78 is 8.00. The van der Waals surface area contributed by atoms with Crippen molar-refractivity contribution in [3.8, 4) is 0 Å². The highest BCUT2D eigenvalue weighted by Crippen LogP contribution is 2.72. The van der Waals surface area contributed by atoms with Crippen LogP contribution >= 0.6 is 34.2 Å². The molecule has 4 fully saturated rings. The van der Waals surface area contributed by atoms with Gasteiger partial charge in [0.2, 0.25) is 0 Å². The maximum atomic E-state index is 7.32. The summed E-state index contributed by atoms with van der Waals surface area (Å²) in [6, 6.07) is 0. The van der Waals surface area contributed by atoms with Gasteiger partial charge in [0, 0.05) is 10.8 Å². The van der Waals surface area contributed by atoms with Gasteiger partial charge in [-0.1, -0.05) is 25.8 Å². The molecular formula is C19H26ClIO. The largest absolute Gasteiger partial charge is 0.376 e. The molecule has 1 unspecified atom stereocenters. The second-order valence-corrected chi connectivity index (χ2v) is 10.7. The van der Waals surface area contributed by atoms with Crippen LogP contribution in [0.15, 0.2) is 9.66 Å². The Kier molecular flexibility index (Phi) is 3.18. The summed E-state index contributed by atoms with van der Waals surface area (Å²) >= 11 is 9.93. The van der Waals surface area contributed by atoms with Crippen LogP contribution in [-0.4, -0.2) is 17.6 Å². The molecule has 2 bridgehead atoms. The summed E-state index contributed by atoms with van der Waals surface area (Å²) in [6.45, 7) is 3.49. The Balaban J connectivity index is 1.57. The fourth-order valence-corrected chi connectivity index (χ4v) is 8.75. The van der Waals surface area contributed by atoms with Crippen molar-refractivity contribution in [2.75, 3.05) is 6.61 Å². The Labute approximate surface area is 152 Å². The molecule has 0 spiro atoms. The molecule has 3 saturated carbocycles. The molecule has 0 amide bonds. The van der Waals surface area contributed by atoms with Crippen molar-refractivity contribution in [2.45, 2.75) is 69.3 Å². The predicted molar refractivity (Wildman–Crippen MR) is 98.4 cm³/mol. The minimum Gasteiger partial charge on any atom is -0.376 e. The molecule has 5 aliphatic rings. The van der Waals surface area contributed by atoms with Crippen molar-refractivity contribution in [1.29, 1.82) is 0 Å². The molecule has 0 aromatic rings. The molecule has 122 valence electrons. The summed E-state index contributed by atoms with van der Waals surface area (Å²) in [5.74, 6) is 2.51. The number of hydrogen-bond donors (Lipinski definition) is 0. The van der Waals surface area contributed by atoms with Gasteiger partial charge in [-0.15, -0.1) is 11.6 Å². The zero-order chi connectivity index (χ0) is 15.2. The zero-order valence-corrected chi connectivity index (χ0v) is 16.3. The molecule has 0 aromatic carbocycles. The standard InChI is InChI=1S/C19H26ClIO/c1-17-9-6-14-12(13(17)4-5-15(17)21)10-16-19(20)8-3-2-7-18(14,19)11-22-16/h5,12-14,16H,2-4,6-11H2,1H3/t12-,13-,14-,16?,17-,18-,19+/m0/s1. The van der Waals surface area contributed by atoms with Gasteiger partial charge in [0.1, 0.15) is 0 Å². The smallest absolute Gasteiger partial charge is 0.0788 e. The van der Waals surface area contributed by atoms with Gasteiger partial charge in [0.05, 0.1) is 17.6 Å². The van der Waals surface area contributed by atoms with Gasteiger partial charge in [-0.05, 0) is 82.4 Å². The van der Waals surface area contributed by atoms with E-state index >= 15 is 0 Å². The van der Waals surface area contributed by atoms with Crippen molar-refractivity contribution in [3.63, 3.8) is 0 Å². The van der Waals surface area contributed by atoms with Gasteiger partial charge in [-0.25, -0.2) is 0 Å². The van der Waals surface area contributed by atoms with E-state index < -0.39 is 0 Å². The van der Waals surface area contributed by atoms with Crippen LogP contribution in [0.5, 0.6) is 0 Å². The lowest BCUT2D eigenvalue weighted by molar-refractivity contribution is -0.0751. The molecule has 0 aromatic heterocycles. The fourth-order valence-electron chi connectivity index (χ4n) is 7.25. The first-order valence-corrected chi connectivity index (χ1v) is 10.6. The lowest BCUT2D eigenvalue weighted by Crippen LogP contribution is -2.62. The first-order valence-electron chi connectivity index (χ1n) is 9.18. The molecule has 5 rings (SSSR count). The van der Waals surface area contributed by atoms with Gasteiger partial charge in [0.15, 0.2) is 0 Å². The highest BCUT2D eigenvalue weighted by Gasteiger charge is 2.71. The van der Waals surface area contributed by atoms with Crippen LogP contribution in [0.25, 0.3) is 0 Å². The van der Waals surface area contributed by atoms with E-state index in [1.807, 2.05) is 0 Å². The highest BCUT2D eigenvalue weighted by molar-refractivity contribution is 14.1. The minimum absolute atomic E-state index is 0.0284. The summed E-state index contributed by atoms with van der Waals surface area (Å²) in [5.41, 5.74) is 0.758. The van der Waals surface area contributed by atoms with Crippen LogP contribution in [0.3, 0.4) is 0 Å². The number of allylic oxidation sites excluding steroid dienone is 2. The fraction of sp³-hybridized carbons (Fsp3) is 0.895. The average molecular weight is 433 g/mol. The molecule has 1 nitrogen and oxygen atoms in total. The molecule has 0 radical (unpaired) electrons. The van der Waals surface area contributed by atoms with Crippen LogP contribution in [0.4, 0.5) is 0 Å². The average Bonchev–Trinajstić information content (AvgIpc) is 2.89. The summed E-state index contributed by atoms with van der Waals surface area (Å²) in [4.78, 5) is -0.0284. The van der Waals surface area contributed by atoms with Crippen molar-refractivity contribution < 1.29 is 4.74 Å². The van der Waals surface area contributed by atoms with Crippen LogP contribution < -0.4 is 0 Å². The van der Waals surface area contributed by atoms with Crippen LogP contribution in [0.1, 0.15) is 58.3 Å². The van der Waals surface area contributed by atoms with Gasteiger partial charge < -0.3 is 4.74 Å². The molecule has 3 heteroatoms. The maximum absolute atomic E-state index is 7.32. The molecular weight excluding hydrogens is 407 g/mol. The van der Waals surface area contributed by atoms with E-state index in [0.29, 0.717) is 16.9 Å². The maximum Gasteiger partial charge on any atom is 0.0788 e. The van der Waals surface area contributed by atoms with E-state index in [0.717, 1.165) is 24.4 Å². The SMILES string of the molecule is C[C@]12CC[C@H]3[C@@H](CC4OC[C@@]35CCCC[C@@]45Cl)[C@@H]1CC=C2I. The topological polar surface area (TPSA) is 9.23 Å². The molecule has 7 atom stereocenters. The number of ether oxygens (including phenoxy) is 1. The first-order chi connectivity index (χ1) is 10.5. The molecule has 0 N–H and O–H groups in total. The second kappa shape index (κ2) is 4.66. The van der Waals surface area contributed by atoms with Crippen LogP contribution in [0.2, 0.25) is 0 Å².